The zero-order valence-electron chi connectivity index (χ0n) is 13.4. The summed E-state index contributed by atoms with van der Waals surface area (Å²) in [6.45, 7) is 7.18. The Hall–Kier alpha value is -1.43. The second-order valence-electron chi connectivity index (χ2n) is 5.77. The average molecular weight is 336 g/mol. The minimum absolute atomic E-state index is 0.636. The number of aryl methyl sites for hydroxylation is 1. The molecule has 2 aliphatic heterocycles. The van der Waals surface area contributed by atoms with Crippen LogP contribution in [0.5, 0.6) is 0 Å². The number of aliphatic imine (C=N–C) groups is 1. The lowest BCUT2D eigenvalue weighted by Gasteiger charge is -2.19. The molecule has 6 heteroatoms. The number of nitrogens with zero attached hydrogens (tertiary/aromatic N) is 3. The van der Waals surface area contributed by atoms with Gasteiger partial charge in [0.15, 0.2) is 5.90 Å². The van der Waals surface area contributed by atoms with E-state index in [9.17, 15) is 0 Å². The first-order valence-electron chi connectivity index (χ1n) is 8.05. The molecule has 2 aliphatic rings. The lowest BCUT2D eigenvalue weighted by Crippen LogP contribution is -2.30. The molecule has 1 fully saturated rings. The van der Waals surface area contributed by atoms with Gasteiger partial charge in [0, 0.05) is 50.3 Å². The van der Waals surface area contributed by atoms with Gasteiger partial charge >= 0.3 is 0 Å². The normalized spacial score (nSPS) is 18.8. The molecule has 0 aromatic carbocycles. The van der Waals surface area contributed by atoms with Crippen molar-refractivity contribution in [3.05, 3.63) is 27.4 Å². The minimum Gasteiger partial charge on any atom is -0.479 e. The molecule has 5 nitrogen and oxygen atoms in total. The molecule has 0 radical (unpaired) electrons. The fraction of sp³-hybridized carbons (Fsp3) is 0.529. The van der Waals surface area contributed by atoms with Crippen molar-refractivity contribution in [3.63, 3.8) is 0 Å². The predicted octanol–water partition coefficient (Wildman–Crippen LogP) is 1.10. The van der Waals surface area contributed by atoms with Crippen LogP contribution in [0.3, 0.4) is 0 Å². The van der Waals surface area contributed by atoms with Crippen LogP contribution in [0.4, 0.5) is 0 Å². The molecule has 0 unspecified atom stereocenters. The maximum atomic E-state index is 6.33. The number of hydrogen-bond donors (Lipinski definition) is 0. The summed E-state index contributed by atoms with van der Waals surface area (Å²) in [5.74, 6) is 0.711. The summed E-state index contributed by atoms with van der Waals surface area (Å²) in [4.78, 5) is 11.2. The molecule has 0 bridgehead atoms. The predicted molar refractivity (Wildman–Crippen MR) is 92.0 cm³/mol. The Labute approximate surface area is 141 Å². The monoisotopic (exact) mass is 335 g/mol. The number of aromatic nitrogens is 1. The van der Waals surface area contributed by atoms with Crippen LogP contribution < -0.4 is 10.6 Å². The smallest absolute Gasteiger partial charge is 0.191 e. The molecule has 1 aromatic rings. The number of fused-ring (bicyclic) bond motifs is 1. The van der Waals surface area contributed by atoms with E-state index in [1.54, 1.807) is 12.4 Å². The standard InChI is InChI=1S/C17H22ClN3O2/c1-13-11-19-15-3-4-16(20-12-14(15)17(13)18)23-10-7-21-5-2-8-22-9-6-21/h3,11-12H,2,4-10H2,1H3. The highest BCUT2D eigenvalue weighted by atomic mass is 35.5. The van der Waals surface area contributed by atoms with Crippen LogP contribution in [0.25, 0.3) is 12.3 Å². The van der Waals surface area contributed by atoms with Crippen molar-refractivity contribution in [2.75, 3.05) is 39.5 Å². The summed E-state index contributed by atoms with van der Waals surface area (Å²) in [6.07, 6.45) is 7.29. The Morgan fingerprint density at radius 1 is 1.35 bits per heavy atom. The fourth-order valence-electron chi connectivity index (χ4n) is 2.69. The van der Waals surface area contributed by atoms with Gasteiger partial charge in [-0.1, -0.05) is 11.6 Å². The SMILES string of the molecule is Cc1cnc2c(c1Cl)=CN=C(OCCN1CCCOCC1)CC=2. The van der Waals surface area contributed by atoms with E-state index in [2.05, 4.69) is 14.9 Å². The summed E-state index contributed by atoms with van der Waals surface area (Å²) in [7, 11) is 0. The second kappa shape index (κ2) is 7.90. The topological polar surface area (TPSA) is 47.0 Å². The summed E-state index contributed by atoms with van der Waals surface area (Å²) >= 11 is 6.33. The van der Waals surface area contributed by atoms with E-state index >= 15 is 0 Å². The number of pyridine rings is 1. The van der Waals surface area contributed by atoms with E-state index in [1.165, 1.54) is 0 Å². The van der Waals surface area contributed by atoms with Gasteiger partial charge in [0.05, 0.1) is 17.0 Å². The summed E-state index contributed by atoms with van der Waals surface area (Å²) in [6, 6.07) is 0. The van der Waals surface area contributed by atoms with Gasteiger partial charge in [-0.15, -0.1) is 0 Å². The molecule has 0 saturated carbocycles. The molecule has 3 rings (SSSR count). The zero-order chi connectivity index (χ0) is 16.1. The Bertz CT molecular complexity index is 695. The second-order valence-corrected chi connectivity index (χ2v) is 6.15. The Kier molecular flexibility index (Phi) is 5.65. The van der Waals surface area contributed by atoms with Gasteiger partial charge in [0.1, 0.15) is 6.61 Å². The Balaban J connectivity index is 1.60. The van der Waals surface area contributed by atoms with Gasteiger partial charge in [-0.3, -0.25) is 9.88 Å². The first-order valence-corrected chi connectivity index (χ1v) is 8.43. The lowest BCUT2D eigenvalue weighted by atomic mass is 10.2. The molecule has 0 aliphatic carbocycles. The maximum absolute atomic E-state index is 6.33. The largest absolute Gasteiger partial charge is 0.479 e. The van der Waals surface area contributed by atoms with Crippen LogP contribution >= 0.6 is 11.6 Å². The van der Waals surface area contributed by atoms with Crippen LogP contribution in [0, 0.1) is 6.92 Å². The Morgan fingerprint density at radius 2 is 2.26 bits per heavy atom. The van der Waals surface area contributed by atoms with E-state index in [0.29, 0.717) is 23.9 Å². The van der Waals surface area contributed by atoms with E-state index in [4.69, 9.17) is 21.1 Å². The third-order valence-electron chi connectivity index (χ3n) is 4.05. The number of ether oxygens (including phenoxy) is 2. The molecule has 0 spiro atoms. The number of halogens is 1. The summed E-state index contributed by atoms with van der Waals surface area (Å²) in [5.41, 5.74) is 0.956. The molecule has 0 N–H and O–H groups in total. The van der Waals surface area contributed by atoms with Crippen molar-refractivity contribution in [2.45, 2.75) is 19.8 Å². The van der Waals surface area contributed by atoms with Gasteiger partial charge in [-0.25, -0.2) is 4.99 Å². The summed E-state index contributed by atoms with van der Waals surface area (Å²) < 4.78 is 11.3. The van der Waals surface area contributed by atoms with E-state index in [0.717, 1.165) is 55.4 Å². The lowest BCUT2D eigenvalue weighted by molar-refractivity contribution is 0.137. The molecular formula is C17H22ClN3O2. The first kappa shape index (κ1) is 16.4. The van der Waals surface area contributed by atoms with E-state index in [-0.39, 0.29) is 0 Å². The van der Waals surface area contributed by atoms with E-state index < -0.39 is 0 Å². The maximum Gasteiger partial charge on any atom is 0.191 e. The van der Waals surface area contributed by atoms with Crippen LogP contribution in [0.15, 0.2) is 11.2 Å². The molecule has 0 atom stereocenters. The number of rotatable bonds is 3. The fourth-order valence-corrected chi connectivity index (χ4v) is 2.88. The molecule has 3 heterocycles. The molecule has 23 heavy (non-hydrogen) atoms. The van der Waals surface area contributed by atoms with Crippen molar-refractivity contribution in [1.82, 2.24) is 9.88 Å². The highest BCUT2D eigenvalue weighted by molar-refractivity contribution is 6.31. The van der Waals surface area contributed by atoms with E-state index in [1.807, 2.05) is 13.0 Å². The van der Waals surface area contributed by atoms with Gasteiger partial charge in [0.2, 0.25) is 0 Å². The van der Waals surface area contributed by atoms with Gasteiger partial charge < -0.3 is 9.47 Å². The van der Waals surface area contributed by atoms with Crippen LogP contribution in [0.2, 0.25) is 5.02 Å². The van der Waals surface area contributed by atoms with Crippen LogP contribution in [0.1, 0.15) is 18.4 Å². The quantitative estimate of drug-likeness (QED) is 0.830. The molecule has 0 amide bonds. The molecule has 1 aromatic heterocycles. The average Bonchev–Trinajstić information content (AvgIpc) is 2.93. The van der Waals surface area contributed by atoms with Crippen molar-refractivity contribution >= 4 is 29.8 Å². The van der Waals surface area contributed by atoms with Crippen LogP contribution in [-0.2, 0) is 9.47 Å². The molecule has 1 saturated heterocycles. The third kappa shape index (κ3) is 4.31. The first-order chi connectivity index (χ1) is 11.2. The van der Waals surface area contributed by atoms with Crippen LogP contribution in [-0.4, -0.2) is 55.2 Å². The number of hydrogen-bond acceptors (Lipinski definition) is 5. The van der Waals surface area contributed by atoms with Gasteiger partial charge in [-0.2, -0.15) is 0 Å². The highest BCUT2D eigenvalue weighted by Crippen LogP contribution is 2.06. The summed E-state index contributed by atoms with van der Waals surface area (Å²) in [5, 5.41) is 2.45. The highest BCUT2D eigenvalue weighted by Gasteiger charge is 2.10. The van der Waals surface area contributed by atoms with Gasteiger partial charge in [-0.05, 0) is 25.0 Å². The zero-order valence-corrected chi connectivity index (χ0v) is 14.2. The van der Waals surface area contributed by atoms with Crippen molar-refractivity contribution in [3.8, 4) is 0 Å². The minimum atomic E-state index is 0.636. The third-order valence-corrected chi connectivity index (χ3v) is 4.56. The van der Waals surface area contributed by atoms with Gasteiger partial charge in [0.25, 0.3) is 0 Å². The van der Waals surface area contributed by atoms with Crippen molar-refractivity contribution in [2.24, 2.45) is 4.99 Å². The molecule has 124 valence electrons. The molecular weight excluding hydrogens is 314 g/mol. The Morgan fingerprint density at radius 3 is 3.17 bits per heavy atom. The van der Waals surface area contributed by atoms with Crippen molar-refractivity contribution in [1.29, 1.82) is 0 Å². The van der Waals surface area contributed by atoms with Crippen molar-refractivity contribution < 1.29 is 9.47 Å².